The van der Waals surface area contributed by atoms with Crippen molar-refractivity contribution in [1.29, 1.82) is 0 Å². The number of carbonyl (C=O) groups is 3. The Hall–Kier alpha value is -3.41. The molecular weight excluding hydrogens is 342 g/mol. The summed E-state index contributed by atoms with van der Waals surface area (Å²) in [6.07, 6.45) is 1.33. The Morgan fingerprint density at radius 2 is 1.89 bits per heavy atom. The number of amides is 3. The number of primary amides is 1. The van der Waals surface area contributed by atoms with Crippen molar-refractivity contribution in [3.05, 3.63) is 77.9 Å². The molecule has 0 aliphatic carbocycles. The number of anilines is 1. The van der Waals surface area contributed by atoms with Gasteiger partial charge in [-0.2, -0.15) is 0 Å². The first kappa shape index (κ1) is 19.9. The third kappa shape index (κ3) is 5.54. The number of para-hydroxylation sites is 1. The summed E-state index contributed by atoms with van der Waals surface area (Å²) in [5, 5.41) is 2.71. The minimum atomic E-state index is -0.502. The molecule has 0 atom stereocenters. The van der Waals surface area contributed by atoms with E-state index in [2.05, 4.69) is 11.9 Å². The lowest BCUT2D eigenvalue weighted by molar-refractivity contribution is -0.130. The maximum atomic E-state index is 12.8. The van der Waals surface area contributed by atoms with E-state index in [1.807, 2.05) is 19.1 Å². The number of carbonyl (C=O) groups excluding carboxylic acids is 3. The van der Waals surface area contributed by atoms with Gasteiger partial charge in [0.2, 0.25) is 17.7 Å². The van der Waals surface area contributed by atoms with E-state index in [-0.39, 0.29) is 18.2 Å². The number of likely N-dealkylation sites (N-methyl/N-ethyl adjacent to an activating group) is 1. The first-order valence-electron chi connectivity index (χ1n) is 8.62. The van der Waals surface area contributed by atoms with Crippen molar-refractivity contribution in [2.75, 3.05) is 11.9 Å². The first-order valence-corrected chi connectivity index (χ1v) is 8.62. The molecule has 3 amide bonds. The Labute approximate surface area is 158 Å². The summed E-state index contributed by atoms with van der Waals surface area (Å²) in [7, 11) is 0. The van der Waals surface area contributed by atoms with Gasteiger partial charge in [-0.25, -0.2) is 0 Å². The Balaban J connectivity index is 2.14. The monoisotopic (exact) mass is 365 g/mol. The maximum absolute atomic E-state index is 12.8. The van der Waals surface area contributed by atoms with E-state index < -0.39 is 5.91 Å². The number of nitrogens with one attached hydrogen (secondary N) is 1. The molecular formula is C21H23N3O3. The Bertz CT molecular complexity index is 861. The summed E-state index contributed by atoms with van der Waals surface area (Å²) in [4.78, 5) is 37.4. The Morgan fingerprint density at radius 1 is 1.15 bits per heavy atom. The summed E-state index contributed by atoms with van der Waals surface area (Å²) in [6.45, 7) is 6.21. The lowest BCUT2D eigenvalue weighted by Gasteiger charge is -2.22. The molecule has 0 heterocycles. The van der Waals surface area contributed by atoms with E-state index in [4.69, 9.17) is 5.73 Å². The molecule has 0 aliphatic rings. The predicted octanol–water partition coefficient (Wildman–Crippen LogP) is 2.50. The van der Waals surface area contributed by atoms with Gasteiger partial charge in [-0.05, 0) is 42.3 Å². The highest BCUT2D eigenvalue weighted by atomic mass is 16.2. The number of hydrogen-bond donors (Lipinski definition) is 2. The molecule has 2 aromatic rings. The van der Waals surface area contributed by atoms with Gasteiger partial charge < -0.3 is 16.0 Å². The van der Waals surface area contributed by atoms with Crippen LogP contribution in [0, 0.1) is 0 Å². The largest absolute Gasteiger partial charge is 0.366 e. The Morgan fingerprint density at radius 3 is 2.56 bits per heavy atom. The van der Waals surface area contributed by atoms with Crippen molar-refractivity contribution < 1.29 is 14.4 Å². The Kier molecular flexibility index (Phi) is 6.88. The van der Waals surface area contributed by atoms with Crippen LogP contribution in [0.4, 0.5) is 5.69 Å². The van der Waals surface area contributed by atoms with Crippen molar-refractivity contribution in [2.24, 2.45) is 5.73 Å². The van der Waals surface area contributed by atoms with Crippen molar-refractivity contribution in [3.63, 3.8) is 0 Å². The van der Waals surface area contributed by atoms with Crippen LogP contribution in [0.2, 0.25) is 0 Å². The molecule has 6 heteroatoms. The van der Waals surface area contributed by atoms with Gasteiger partial charge in [-0.3, -0.25) is 14.4 Å². The topological polar surface area (TPSA) is 92.5 Å². The van der Waals surface area contributed by atoms with E-state index in [1.165, 1.54) is 6.08 Å². The van der Waals surface area contributed by atoms with E-state index in [0.29, 0.717) is 24.3 Å². The molecule has 27 heavy (non-hydrogen) atoms. The minimum absolute atomic E-state index is 0.0812. The number of rotatable bonds is 8. The van der Waals surface area contributed by atoms with Crippen LogP contribution in [0.3, 0.4) is 0 Å². The van der Waals surface area contributed by atoms with Gasteiger partial charge in [-0.15, -0.1) is 0 Å². The van der Waals surface area contributed by atoms with Crippen LogP contribution in [-0.2, 0) is 22.6 Å². The van der Waals surface area contributed by atoms with Crippen LogP contribution in [0.5, 0.6) is 0 Å². The lowest BCUT2D eigenvalue weighted by Crippen LogP contribution is -2.32. The van der Waals surface area contributed by atoms with Crippen LogP contribution >= 0.6 is 0 Å². The smallest absolute Gasteiger partial charge is 0.248 e. The van der Waals surface area contributed by atoms with Gasteiger partial charge in [0.15, 0.2) is 0 Å². The SMILES string of the molecule is C=CC(=O)Nc1ccccc1CC(=O)N(CC)Cc1cccc(C(N)=O)c1. The van der Waals surface area contributed by atoms with Crippen LogP contribution < -0.4 is 11.1 Å². The van der Waals surface area contributed by atoms with Gasteiger partial charge in [0.1, 0.15) is 0 Å². The number of benzene rings is 2. The third-order valence-corrected chi connectivity index (χ3v) is 4.12. The van der Waals surface area contributed by atoms with Crippen LogP contribution in [0.1, 0.15) is 28.4 Å². The molecule has 0 saturated carbocycles. The first-order chi connectivity index (χ1) is 12.9. The van der Waals surface area contributed by atoms with Gasteiger partial charge >= 0.3 is 0 Å². The molecule has 0 unspecified atom stereocenters. The van der Waals surface area contributed by atoms with Crippen LogP contribution in [0.15, 0.2) is 61.2 Å². The molecule has 0 aromatic heterocycles. The second-order valence-electron chi connectivity index (χ2n) is 6.00. The average molecular weight is 365 g/mol. The zero-order chi connectivity index (χ0) is 19.8. The highest BCUT2D eigenvalue weighted by Gasteiger charge is 2.16. The van der Waals surface area contributed by atoms with E-state index >= 15 is 0 Å². The standard InChI is InChI=1S/C21H23N3O3/c1-3-19(25)23-18-11-6-5-9-16(18)13-20(26)24(4-2)14-15-8-7-10-17(12-15)21(22)27/h3,5-12H,1,4,13-14H2,2H3,(H2,22,27)(H,23,25). The predicted molar refractivity (Wildman–Crippen MR) is 105 cm³/mol. The molecule has 0 aliphatic heterocycles. The lowest BCUT2D eigenvalue weighted by atomic mass is 10.1. The van der Waals surface area contributed by atoms with Crippen molar-refractivity contribution >= 4 is 23.4 Å². The summed E-state index contributed by atoms with van der Waals surface area (Å²) in [6, 6.07) is 14.1. The fourth-order valence-corrected chi connectivity index (χ4v) is 2.67. The summed E-state index contributed by atoms with van der Waals surface area (Å²) in [5.74, 6) is -0.911. The zero-order valence-electron chi connectivity index (χ0n) is 15.3. The number of nitrogens with zero attached hydrogens (tertiary/aromatic N) is 1. The van der Waals surface area contributed by atoms with E-state index in [1.54, 1.807) is 41.3 Å². The fraction of sp³-hybridized carbons (Fsp3) is 0.190. The number of hydrogen-bond acceptors (Lipinski definition) is 3. The molecule has 0 saturated heterocycles. The molecule has 2 rings (SSSR count). The second-order valence-corrected chi connectivity index (χ2v) is 6.00. The normalized spacial score (nSPS) is 10.1. The van der Waals surface area contributed by atoms with Gasteiger partial charge in [0.05, 0.1) is 6.42 Å². The zero-order valence-corrected chi connectivity index (χ0v) is 15.3. The van der Waals surface area contributed by atoms with Gasteiger partial charge in [0, 0.05) is 24.3 Å². The molecule has 0 bridgehead atoms. The van der Waals surface area contributed by atoms with Crippen molar-refractivity contribution in [2.45, 2.75) is 19.9 Å². The van der Waals surface area contributed by atoms with E-state index in [9.17, 15) is 14.4 Å². The van der Waals surface area contributed by atoms with E-state index in [0.717, 1.165) is 11.1 Å². The minimum Gasteiger partial charge on any atom is -0.366 e. The van der Waals surface area contributed by atoms with Crippen LogP contribution in [-0.4, -0.2) is 29.2 Å². The van der Waals surface area contributed by atoms with Gasteiger partial charge in [-0.1, -0.05) is 36.9 Å². The third-order valence-electron chi connectivity index (χ3n) is 4.12. The summed E-state index contributed by atoms with van der Waals surface area (Å²) in [5.41, 5.74) is 7.86. The van der Waals surface area contributed by atoms with Gasteiger partial charge in [0.25, 0.3) is 0 Å². The maximum Gasteiger partial charge on any atom is 0.248 e. The molecule has 0 spiro atoms. The summed E-state index contributed by atoms with van der Waals surface area (Å²) < 4.78 is 0. The second kappa shape index (κ2) is 9.33. The molecule has 2 aromatic carbocycles. The molecule has 0 fully saturated rings. The van der Waals surface area contributed by atoms with Crippen molar-refractivity contribution in [3.8, 4) is 0 Å². The quantitative estimate of drug-likeness (QED) is 0.704. The molecule has 3 N–H and O–H groups in total. The molecule has 6 nitrogen and oxygen atoms in total. The average Bonchev–Trinajstić information content (AvgIpc) is 2.67. The fourth-order valence-electron chi connectivity index (χ4n) is 2.67. The highest BCUT2D eigenvalue weighted by Crippen LogP contribution is 2.17. The highest BCUT2D eigenvalue weighted by molar-refractivity contribution is 5.99. The molecule has 0 radical (unpaired) electrons. The molecule has 140 valence electrons. The number of nitrogens with two attached hydrogens (primary N) is 1. The van der Waals surface area contributed by atoms with Crippen LogP contribution in [0.25, 0.3) is 0 Å². The van der Waals surface area contributed by atoms with Crippen molar-refractivity contribution in [1.82, 2.24) is 4.90 Å². The summed E-state index contributed by atoms with van der Waals surface area (Å²) >= 11 is 0.